The molecule has 20 heavy (non-hydrogen) atoms. The summed E-state index contributed by atoms with van der Waals surface area (Å²) >= 11 is 11.6. The number of carbonyl (C=O) groups excluding carboxylic acids is 1. The van der Waals surface area contributed by atoms with Gasteiger partial charge in [0.05, 0.1) is 0 Å². The molecular formula is C14H19Cl2N3O. The molecule has 1 amide bonds. The van der Waals surface area contributed by atoms with Crippen molar-refractivity contribution in [3.05, 3.63) is 28.0 Å². The van der Waals surface area contributed by atoms with Gasteiger partial charge in [-0.05, 0) is 39.1 Å². The highest BCUT2D eigenvalue weighted by Gasteiger charge is 2.36. The normalized spacial score (nSPS) is 17.4. The van der Waals surface area contributed by atoms with Gasteiger partial charge >= 0.3 is 0 Å². The van der Waals surface area contributed by atoms with Gasteiger partial charge in [0.2, 0.25) is 0 Å². The summed E-state index contributed by atoms with van der Waals surface area (Å²) < 4.78 is 0. The first kappa shape index (κ1) is 15.5. The summed E-state index contributed by atoms with van der Waals surface area (Å²) in [5.41, 5.74) is 0.512. The van der Waals surface area contributed by atoms with Crippen molar-refractivity contribution in [2.75, 3.05) is 20.6 Å². The molecule has 0 bridgehead atoms. The van der Waals surface area contributed by atoms with E-state index in [2.05, 4.69) is 29.3 Å². The molecule has 1 aromatic heterocycles. The first-order valence-electron chi connectivity index (χ1n) is 6.72. The van der Waals surface area contributed by atoms with Crippen molar-refractivity contribution in [1.29, 1.82) is 0 Å². The molecule has 0 aromatic carbocycles. The first-order chi connectivity index (χ1) is 9.43. The number of hydrogen-bond acceptors (Lipinski definition) is 3. The van der Waals surface area contributed by atoms with E-state index in [1.165, 1.54) is 25.0 Å². The summed E-state index contributed by atoms with van der Waals surface area (Å²) in [4.78, 5) is 18.2. The van der Waals surface area contributed by atoms with Crippen molar-refractivity contribution in [2.24, 2.45) is 0 Å². The Labute approximate surface area is 129 Å². The quantitative estimate of drug-likeness (QED) is 0.869. The number of aromatic nitrogens is 1. The van der Waals surface area contributed by atoms with Gasteiger partial charge in [-0.1, -0.05) is 36.0 Å². The fraction of sp³-hybridized carbons (Fsp3) is 0.571. The SMILES string of the molecule is CN(C)C1(CNC(=O)c2cc(Cl)nc(Cl)c2)CCCC1. The number of nitrogens with one attached hydrogen (secondary N) is 1. The molecule has 1 N–H and O–H groups in total. The average molecular weight is 316 g/mol. The lowest BCUT2D eigenvalue weighted by Crippen LogP contribution is -2.50. The number of hydrogen-bond donors (Lipinski definition) is 1. The Morgan fingerprint density at radius 1 is 1.30 bits per heavy atom. The van der Waals surface area contributed by atoms with Gasteiger partial charge in [-0.2, -0.15) is 0 Å². The molecule has 1 aliphatic carbocycles. The van der Waals surface area contributed by atoms with Crippen LogP contribution in [-0.4, -0.2) is 42.0 Å². The van der Waals surface area contributed by atoms with Crippen LogP contribution in [0.4, 0.5) is 0 Å². The number of halogens is 2. The van der Waals surface area contributed by atoms with Gasteiger partial charge < -0.3 is 10.2 Å². The predicted molar refractivity (Wildman–Crippen MR) is 81.5 cm³/mol. The number of amides is 1. The molecule has 1 heterocycles. The van der Waals surface area contributed by atoms with Crippen LogP contribution in [0.3, 0.4) is 0 Å². The van der Waals surface area contributed by atoms with Crippen molar-refractivity contribution in [3.8, 4) is 0 Å². The Kier molecular flexibility index (Phi) is 4.89. The molecule has 0 saturated heterocycles. The van der Waals surface area contributed by atoms with Gasteiger partial charge in [0.25, 0.3) is 5.91 Å². The molecule has 2 rings (SSSR count). The zero-order valence-corrected chi connectivity index (χ0v) is 13.3. The molecule has 1 aliphatic rings. The smallest absolute Gasteiger partial charge is 0.251 e. The number of nitrogens with zero attached hydrogens (tertiary/aromatic N) is 2. The maximum atomic E-state index is 12.2. The molecule has 0 radical (unpaired) electrons. The van der Waals surface area contributed by atoms with Crippen molar-refractivity contribution in [1.82, 2.24) is 15.2 Å². The number of likely N-dealkylation sites (N-methyl/N-ethyl adjacent to an activating group) is 1. The zero-order valence-electron chi connectivity index (χ0n) is 11.7. The minimum Gasteiger partial charge on any atom is -0.350 e. The van der Waals surface area contributed by atoms with Gasteiger partial charge in [-0.25, -0.2) is 4.98 Å². The fourth-order valence-electron chi connectivity index (χ4n) is 2.76. The van der Waals surface area contributed by atoms with Crippen LogP contribution in [0.1, 0.15) is 36.0 Å². The van der Waals surface area contributed by atoms with E-state index in [-0.39, 0.29) is 21.8 Å². The number of pyridine rings is 1. The summed E-state index contributed by atoms with van der Waals surface area (Å²) in [7, 11) is 4.13. The standard InChI is InChI=1S/C14H19Cl2N3O/c1-19(2)14(5-3-4-6-14)9-17-13(20)10-7-11(15)18-12(16)8-10/h7-8H,3-6,9H2,1-2H3,(H,17,20). The highest BCUT2D eigenvalue weighted by Crippen LogP contribution is 2.33. The third-order valence-corrected chi connectivity index (χ3v) is 4.47. The Hall–Kier alpha value is -0.840. The molecule has 4 nitrogen and oxygen atoms in total. The third-order valence-electron chi connectivity index (χ3n) is 4.09. The molecule has 1 saturated carbocycles. The monoisotopic (exact) mass is 315 g/mol. The van der Waals surface area contributed by atoms with E-state index in [4.69, 9.17) is 23.2 Å². The second-order valence-electron chi connectivity index (χ2n) is 5.51. The summed E-state index contributed by atoms with van der Waals surface area (Å²) in [6.45, 7) is 0.635. The van der Waals surface area contributed by atoms with Crippen LogP contribution in [0.15, 0.2) is 12.1 Å². The van der Waals surface area contributed by atoms with Crippen molar-refractivity contribution >= 4 is 29.1 Å². The second-order valence-corrected chi connectivity index (χ2v) is 6.28. The lowest BCUT2D eigenvalue weighted by atomic mass is 9.96. The van der Waals surface area contributed by atoms with Crippen LogP contribution in [0.25, 0.3) is 0 Å². The topological polar surface area (TPSA) is 45.2 Å². The zero-order chi connectivity index (χ0) is 14.8. The Bertz CT molecular complexity index is 479. The van der Waals surface area contributed by atoms with Gasteiger partial charge in [-0.3, -0.25) is 4.79 Å². The summed E-state index contributed by atoms with van der Waals surface area (Å²) in [5, 5.41) is 3.45. The van der Waals surface area contributed by atoms with Crippen LogP contribution < -0.4 is 5.32 Å². The highest BCUT2D eigenvalue weighted by molar-refractivity contribution is 6.33. The minimum atomic E-state index is -0.163. The van der Waals surface area contributed by atoms with Crippen molar-refractivity contribution < 1.29 is 4.79 Å². The summed E-state index contributed by atoms with van der Waals surface area (Å²) in [5.74, 6) is -0.163. The molecule has 0 aliphatic heterocycles. The van der Waals surface area contributed by atoms with Crippen molar-refractivity contribution in [2.45, 2.75) is 31.2 Å². The summed E-state index contributed by atoms with van der Waals surface area (Å²) in [6.07, 6.45) is 4.64. The molecular weight excluding hydrogens is 297 g/mol. The van der Waals surface area contributed by atoms with Gasteiger partial charge in [-0.15, -0.1) is 0 Å². The molecule has 0 spiro atoms. The Morgan fingerprint density at radius 2 is 1.85 bits per heavy atom. The maximum Gasteiger partial charge on any atom is 0.251 e. The number of rotatable bonds is 4. The van der Waals surface area contributed by atoms with Crippen molar-refractivity contribution in [3.63, 3.8) is 0 Å². The van der Waals surface area contributed by atoms with E-state index < -0.39 is 0 Å². The van der Waals surface area contributed by atoms with Gasteiger partial charge in [0.15, 0.2) is 0 Å². The average Bonchev–Trinajstić information content (AvgIpc) is 2.84. The maximum absolute atomic E-state index is 12.2. The van der Waals surface area contributed by atoms with Crippen LogP contribution in [-0.2, 0) is 0 Å². The lowest BCUT2D eigenvalue weighted by Gasteiger charge is -2.36. The molecule has 110 valence electrons. The Balaban J connectivity index is 2.04. The minimum absolute atomic E-state index is 0.0658. The predicted octanol–water partition coefficient (Wildman–Crippen LogP) is 2.99. The molecule has 1 fully saturated rings. The van der Waals surface area contributed by atoms with E-state index in [9.17, 15) is 4.79 Å². The fourth-order valence-corrected chi connectivity index (χ4v) is 3.22. The van der Waals surface area contributed by atoms with Gasteiger partial charge in [0.1, 0.15) is 10.3 Å². The molecule has 0 unspecified atom stereocenters. The van der Waals surface area contributed by atoms with E-state index in [0.717, 1.165) is 12.8 Å². The third kappa shape index (κ3) is 3.43. The lowest BCUT2D eigenvalue weighted by molar-refractivity contribution is 0.0900. The van der Waals surface area contributed by atoms with Gasteiger partial charge in [0, 0.05) is 17.6 Å². The van der Waals surface area contributed by atoms with E-state index >= 15 is 0 Å². The number of carbonyl (C=O) groups is 1. The first-order valence-corrected chi connectivity index (χ1v) is 7.47. The highest BCUT2D eigenvalue weighted by atomic mass is 35.5. The van der Waals surface area contributed by atoms with Crippen LogP contribution in [0.2, 0.25) is 10.3 Å². The molecule has 6 heteroatoms. The van der Waals surface area contributed by atoms with Crippen LogP contribution in [0, 0.1) is 0 Å². The van der Waals surface area contributed by atoms with Crippen LogP contribution in [0.5, 0.6) is 0 Å². The second kappa shape index (κ2) is 6.29. The largest absolute Gasteiger partial charge is 0.350 e. The molecule has 0 atom stereocenters. The van der Waals surface area contributed by atoms with E-state index in [1.54, 1.807) is 0 Å². The van der Waals surface area contributed by atoms with E-state index in [0.29, 0.717) is 12.1 Å². The Morgan fingerprint density at radius 3 is 2.35 bits per heavy atom. The molecule has 1 aromatic rings. The van der Waals surface area contributed by atoms with Crippen LogP contribution >= 0.6 is 23.2 Å². The van der Waals surface area contributed by atoms with E-state index in [1.807, 2.05) is 0 Å². The summed E-state index contributed by atoms with van der Waals surface area (Å²) in [6, 6.07) is 3.06.